The van der Waals surface area contributed by atoms with Crippen LogP contribution in [0.3, 0.4) is 0 Å². The van der Waals surface area contributed by atoms with Crippen LogP contribution in [0.15, 0.2) is 71.6 Å². The number of para-hydroxylation sites is 1. The van der Waals surface area contributed by atoms with E-state index in [9.17, 15) is 4.79 Å². The Hall–Kier alpha value is -2.86. The van der Waals surface area contributed by atoms with Gasteiger partial charge in [-0.3, -0.25) is 9.48 Å². The minimum Gasteiger partial charge on any atom is -0.361 e. The highest BCUT2D eigenvalue weighted by Crippen LogP contribution is 2.19. The third-order valence-electron chi connectivity index (χ3n) is 4.70. The molecule has 0 saturated heterocycles. The number of fused-ring (bicyclic) bond motifs is 1. The zero-order chi connectivity index (χ0) is 19.3. The van der Waals surface area contributed by atoms with Crippen LogP contribution in [0, 0.1) is 0 Å². The van der Waals surface area contributed by atoms with E-state index in [0.717, 1.165) is 34.1 Å². The molecule has 1 amide bonds. The van der Waals surface area contributed by atoms with Crippen molar-refractivity contribution < 1.29 is 4.79 Å². The number of carbonyl (C=O) groups excluding carboxylic acids is 1. The normalized spacial score (nSPS) is 11.0. The van der Waals surface area contributed by atoms with Crippen LogP contribution in [-0.2, 0) is 17.8 Å². The maximum absolute atomic E-state index is 12.2. The lowest BCUT2D eigenvalue weighted by atomic mass is 10.1. The number of nitrogens with one attached hydrogen (secondary N) is 2. The molecule has 142 valence electrons. The Labute approximate surface area is 171 Å². The Balaban J connectivity index is 1.27. The van der Waals surface area contributed by atoms with Crippen LogP contribution in [0.1, 0.15) is 24.0 Å². The molecule has 5 nitrogen and oxygen atoms in total. The highest BCUT2D eigenvalue weighted by Gasteiger charge is 2.07. The highest BCUT2D eigenvalue weighted by atomic mass is 79.9. The van der Waals surface area contributed by atoms with Crippen LogP contribution >= 0.6 is 15.9 Å². The molecule has 0 atom stereocenters. The number of anilines is 1. The van der Waals surface area contributed by atoms with Crippen LogP contribution < -0.4 is 5.32 Å². The fraction of sp³-hybridized carbons (Fsp3) is 0.182. The van der Waals surface area contributed by atoms with Gasteiger partial charge in [-0.25, -0.2) is 0 Å². The molecule has 4 rings (SSSR count). The summed E-state index contributed by atoms with van der Waals surface area (Å²) in [5.41, 5.74) is 4.28. The number of nitrogens with zero attached hydrogens (tertiary/aromatic N) is 2. The van der Waals surface area contributed by atoms with Crippen molar-refractivity contribution in [3.8, 4) is 0 Å². The van der Waals surface area contributed by atoms with Gasteiger partial charge in [0.05, 0.1) is 18.4 Å². The molecule has 2 aromatic carbocycles. The number of carbonyl (C=O) groups is 1. The zero-order valence-electron chi connectivity index (χ0n) is 15.4. The molecule has 0 aliphatic carbocycles. The molecule has 0 aliphatic rings. The number of aromatic amines is 1. The third kappa shape index (κ3) is 4.51. The van der Waals surface area contributed by atoms with Crippen LogP contribution in [0.4, 0.5) is 5.69 Å². The van der Waals surface area contributed by atoms with Crippen LogP contribution in [-0.4, -0.2) is 20.7 Å². The van der Waals surface area contributed by atoms with E-state index >= 15 is 0 Å². The van der Waals surface area contributed by atoms with E-state index in [1.54, 1.807) is 6.20 Å². The number of hydrogen-bond acceptors (Lipinski definition) is 2. The minimum atomic E-state index is 0.0167. The summed E-state index contributed by atoms with van der Waals surface area (Å²) < 4.78 is 2.88. The molecular weight excluding hydrogens is 416 g/mol. The van der Waals surface area contributed by atoms with Gasteiger partial charge in [-0.1, -0.05) is 46.3 Å². The Morgan fingerprint density at radius 3 is 2.82 bits per heavy atom. The number of benzene rings is 2. The van der Waals surface area contributed by atoms with Gasteiger partial charge in [-0.05, 0) is 42.2 Å². The smallest absolute Gasteiger partial charge is 0.224 e. The van der Waals surface area contributed by atoms with E-state index in [1.165, 1.54) is 10.9 Å². The van der Waals surface area contributed by atoms with Crippen molar-refractivity contribution in [1.82, 2.24) is 14.8 Å². The molecule has 2 aromatic heterocycles. The summed E-state index contributed by atoms with van der Waals surface area (Å²) in [5, 5.41) is 8.50. The number of halogens is 1. The fourth-order valence-corrected chi connectivity index (χ4v) is 3.56. The topological polar surface area (TPSA) is 62.7 Å². The largest absolute Gasteiger partial charge is 0.361 e. The minimum absolute atomic E-state index is 0.0167. The first kappa shape index (κ1) is 18.5. The van der Waals surface area contributed by atoms with Crippen LogP contribution in [0.25, 0.3) is 10.9 Å². The summed E-state index contributed by atoms with van der Waals surface area (Å²) in [7, 11) is 0. The summed E-state index contributed by atoms with van der Waals surface area (Å²) in [6.45, 7) is 0.670. The number of amides is 1. The maximum Gasteiger partial charge on any atom is 0.224 e. The molecule has 4 aromatic rings. The molecule has 0 spiro atoms. The number of hydrogen-bond donors (Lipinski definition) is 2. The summed E-state index contributed by atoms with van der Waals surface area (Å²) in [5.74, 6) is 0.0167. The average Bonchev–Trinajstić information content (AvgIpc) is 3.31. The van der Waals surface area contributed by atoms with Gasteiger partial charge in [0, 0.05) is 34.2 Å². The molecular formula is C22H21BrN4O. The monoisotopic (exact) mass is 436 g/mol. The second-order valence-corrected chi connectivity index (χ2v) is 7.73. The van der Waals surface area contributed by atoms with Crippen molar-refractivity contribution in [1.29, 1.82) is 0 Å². The van der Waals surface area contributed by atoms with Crippen LogP contribution in [0.5, 0.6) is 0 Å². The van der Waals surface area contributed by atoms with Crippen LogP contribution in [0.2, 0.25) is 0 Å². The van der Waals surface area contributed by atoms with Gasteiger partial charge >= 0.3 is 0 Å². The first-order valence-corrected chi connectivity index (χ1v) is 10.1. The number of aromatic nitrogens is 3. The molecule has 0 fully saturated rings. The van der Waals surface area contributed by atoms with E-state index in [0.29, 0.717) is 13.0 Å². The lowest BCUT2D eigenvalue weighted by molar-refractivity contribution is -0.116. The molecule has 0 bridgehead atoms. The second kappa shape index (κ2) is 8.44. The predicted molar refractivity (Wildman–Crippen MR) is 115 cm³/mol. The van der Waals surface area contributed by atoms with Crippen molar-refractivity contribution in [2.45, 2.75) is 25.8 Å². The molecule has 2 N–H and O–H groups in total. The lowest BCUT2D eigenvalue weighted by Gasteiger charge is -2.03. The molecule has 0 unspecified atom stereocenters. The highest BCUT2D eigenvalue weighted by molar-refractivity contribution is 9.10. The summed E-state index contributed by atoms with van der Waals surface area (Å²) >= 11 is 3.44. The summed E-state index contributed by atoms with van der Waals surface area (Å²) in [4.78, 5) is 15.5. The Morgan fingerprint density at radius 1 is 1.14 bits per heavy atom. The Kier molecular flexibility index (Phi) is 5.58. The quantitative estimate of drug-likeness (QED) is 0.421. The number of aryl methyl sites for hydroxylation is 1. The van der Waals surface area contributed by atoms with Gasteiger partial charge < -0.3 is 10.3 Å². The second-order valence-electron chi connectivity index (χ2n) is 6.81. The van der Waals surface area contributed by atoms with Gasteiger partial charge in [0.25, 0.3) is 0 Å². The maximum atomic E-state index is 12.2. The first-order valence-electron chi connectivity index (χ1n) is 9.29. The van der Waals surface area contributed by atoms with Gasteiger partial charge in [0.1, 0.15) is 0 Å². The van der Waals surface area contributed by atoms with Gasteiger partial charge in [0.2, 0.25) is 5.91 Å². The molecule has 0 radical (unpaired) electrons. The average molecular weight is 437 g/mol. The van der Waals surface area contributed by atoms with E-state index in [-0.39, 0.29) is 5.91 Å². The van der Waals surface area contributed by atoms with Crippen molar-refractivity contribution >= 4 is 38.4 Å². The van der Waals surface area contributed by atoms with E-state index in [4.69, 9.17) is 0 Å². The molecule has 0 saturated carbocycles. The summed E-state index contributed by atoms with van der Waals surface area (Å²) in [6, 6.07) is 16.4. The SMILES string of the molecule is O=C(CCCc1c[nH]c2ccccc12)Nc1cnn(Cc2ccc(Br)cc2)c1. The van der Waals surface area contributed by atoms with Crippen molar-refractivity contribution in [2.75, 3.05) is 5.32 Å². The Morgan fingerprint density at radius 2 is 1.96 bits per heavy atom. The first-order chi connectivity index (χ1) is 13.7. The van der Waals surface area contributed by atoms with Gasteiger partial charge in [-0.15, -0.1) is 0 Å². The van der Waals surface area contributed by atoms with E-state index in [1.807, 2.05) is 41.3 Å². The van der Waals surface area contributed by atoms with Gasteiger partial charge in [-0.2, -0.15) is 5.10 Å². The van der Waals surface area contributed by atoms with Crippen molar-refractivity contribution in [3.63, 3.8) is 0 Å². The molecule has 28 heavy (non-hydrogen) atoms. The summed E-state index contributed by atoms with van der Waals surface area (Å²) in [6.07, 6.45) is 7.75. The van der Waals surface area contributed by atoms with Crippen molar-refractivity contribution in [3.05, 3.63) is 82.7 Å². The lowest BCUT2D eigenvalue weighted by Crippen LogP contribution is -2.11. The third-order valence-corrected chi connectivity index (χ3v) is 5.23. The molecule has 0 aliphatic heterocycles. The zero-order valence-corrected chi connectivity index (χ0v) is 16.9. The molecule has 6 heteroatoms. The Bertz CT molecular complexity index is 1080. The number of H-pyrrole nitrogens is 1. The van der Waals surface area contributed by atoms with Crippen molar-refractivity contribution in [2.24, 2.45) is 0 Å². The van der Waals surface area contributed by atoms with E-state index < -0.39 is 0 Å². The predicted octanol–water partition coefficient (Wildman–Crippen LogP) is 5.14. The fourth-order valence-electron chi connectivity index (χ4n) is 3.29. The molecule has 2 heterocycles. The van der Waals surface area contributed by atoms with E-state index in [2.05, 4.69) is 55.6 Å². The standard InChI is InChI=1S/C22H21BrN4O/c23-18-10-8-16(9-11-18)14-27-15-19(13-25-27)26-22(28)7-3-4-17-12-24-21-6-2-1-5-20(17)21/h1-2,5-6,8-13,15,24H,3-4,7,14H2,(H,26,28). The number of rotatable bonds is 7. The van der Waals surface area contributed by atoms with Gasteiger partial charge in [0.15, 0.2) is 0 Å².